The summed E-state index contributed by atoms with van der Waals surface area (Å²) in [5.41, 5.74) is 2.49. The molecule has 0 unspecified atom stereocenters. The van der Waals surface area contributed by atoms with Crippen molar-refractivity contribution in [2.75, 3.05) is 33.9 Å². The van der Waals surface area contributed by atoms with Gasteiger partial charge in [0, 0.05) is 29.5 Å². The van der Waals surface area contributed by atoms with Crippen molar-refractivity contribution in [2.24, 2.45) is 5.92 Å². The van der Waals surface area contributed by atoms with Crippen LogP contribution in [0.5, 0.6) is 11.5 Å². The molecule has 0 radical (unpaired) electrons. The standard InChI is InChI=1S/C31H37N3O5S2/c1-22(2)19-34(41(36,37)29-10-6-8-25-9-7-15-32-31(25)29)21-30(35)33(20-28-23(3)14-17-40-28)16-13-24-11-12-26(38-4)27(18-24)39-5/h6-12,14-15,17-18,22H,13,16,19-21H2,1-5H3. The van der Waals surface area contributed by atoms with E-state index in [0.29, 0.717) is 36.5 Å². The van der Waals surface area contributed by atoms with Gasteiger partial charge in [0.05, 0.1) is 32.8 Å². The number of thiophene rings is 1. The van der Waals surface area contributed by atoms with Gasteiger partial charge in [-0.2, -0.15) is 4.31 Å². The Morgan fingerprint density at radius 2 is 1.78 bits per heavy atom. The minimum absolute atomic E-state index is 0.0141. The van der Waals surface area contributed by atoms with E-state index in [1.165, 1.54) is 4.31 Å². The molecular formula is C31H37N3O5S2. The fourth-order valence-corrected chi connectivity index (χ4v) is 7.30. The Morgan fingerprint density at radius 1 is 1.02 bits per heavy atom. The minimum atomic E-state index is -4.01. The molecule has 0 aliphatic rings. The van der Waals surface area contributed by atoms with E-state index in [-0.39, 0.29) is 29.8 Å². The average Bonchev–Trinajstić information content (AvgIpc) is 3.37. The third-order valence-corrected chi connectivity index (χ3v) is 9.72. The van der Waals surface area contributed by atoms with E-state index in [4.69, 9.17) is 9.47 Å². The van der Waals surface area contributed by atoms with Crippen LogP contribution >= 0.6 is 11.3 Å². The summed E-state index contributed by atoms with van der Waals surface area (Å²) in [4.78, 5) is 21.2. The maximum absolute atomic E-state index is 14.0. The summed E-state index contributed by atoms with van der Waals surface area (Å²) in [6, 6.07) is 16.4. The van der Waals surface area contributed by atoms with Crippen LogP contribution in [-0.4, -0.2) is 62.4 Å². The first-order chi connectivity index (χ1) is 19.6. The summed E-state index contributed by atoms with van der Waals surface area (Å²) >= 11 is 1.59. The van der Waals surface area contributed by atoms with Crippen molar-refractivity contribution in [1.29, 1.82) is 0 Å². The van der Waals surface area contributed by atoms with Gasteiger partial charge in [0.2, 0.25) is 15.9 Å². The van der Waals surface area contributed by atoms with Crippen molar-refractivity contribution in [1.82, 2.24) is 14.2 Å². The van der Waals surface area contributed by atoms with Gasteiger partial charge in [-0.15, -0.1) is 11.3 Å². The zero-order valence-electron chi connectivity index (χ0n) is 24.2. The summed E-state index contributed by atoms with van der Waals surface area (Å²) in [7, 11) is -0.830. The second-order valence-electron chi connectivity index (χ2n) is 10.3. The molecule has 0 saturated carbocycles. The van der Waals surface area contributed by atoms with Gasteiger partial charge in [0.15, 0.2) is 11.5 Å². The molecule has 4 aromatic rings. The number of methoxy groups -OCH3 is 2. The molecule has 41 heavy (non-hydrogen) atoms. The number of carbonyl (C=O) groups is 1. The number of aryl methyl sites for hydroxylation is 1. The lowest BCUT2D eigenvalue weighted by molar-refractivity contribution is -0.132. The van der Waals surface area contributed by atoms with E-state index < -0.39 is 10.0 Å². The highest BCUT2D eigenvalue weighted by molar-refractivity contribution is 7.89. The maximum atomic E-state index is 14.0. The van der Waals surface area contributed by atoms with Crippen molar-refractivity contribution in [3.05, 3.63) is 82.2 Å². The largest absolute Gasteiger partial charge is 0.493 e. The Kier molecular flexibility index (Phi) is 10.0. The topological polar surface area (TPSA) is 89.0 Å². The number of fused-ring (bicyclic) bond motifs is 1. The van der Waals surface area contributed by atoms with Gasteiger partial charge in [-0.25, -0.2) is 8.42 Å². The van der Waals surface area contributed by atoms with Crippen molar-refractivity contribution in [3.8, 4) is 11.5 Å². The molecule has 1 amide bonds. The Bertz CT molecular complexity index is 1600. The van der Waals surface area contributed by atoms with Crippen LogP contribution in [0.3, 0.4) is 0 Å². The molecule has 2 heterocycles. The second kappa shape index (κ2) is 13.5. The maximum Gasteiger partial charge on any atom is 0.245 e. The third kappa shape index (κ3) is 7.25. The molecule has 218 valence electrons. The van der Waals surface area contributed by atoms with Gasteiger partial charge in [0.25, 0.3) is 0 Å². The molecule has 10 heteroatoms. The van der Waals surface area contributed by atoms with Crippen molar-refractivity contribution in [2.45, 2.75) is 38.6 Å². The van der Waals surface area contributed by atoms with Crippen LogP contribution in [0.15, 0.2) is 71.1 Å². The number of sulfonamides is 1. The van der Waals surface area contributed by atoms with E-state index in [1.807, 2.05) is 62.5 Å². The number of hydrogen-bond acceptors (Lipinski definition) is 7. The van der Waals surface area contributed by atoms with Gasteiger partial charge in [-0.1, -0.05) is 38.1 Å². The highest BCUT2D eigenvalue weighted by Gasteiger charge is 2.31. The molecule has 4 rings (SSSR count). The number of benzene rings is 2. The number of nitrogens with zero attached hydrogens (tertiary/aromatic N) is 3. The fraction of sp³-hybridized carbons (Fsp3) is 0.355. The molecule has 0 bridgehead atoms. The van der Waals surface area contributed by atoms with Gasteiger partial charge < -0.3 is 14.4 Å². The summed E-state index contributed by atoms with van der Waals surface area (Å²) in [5, 5.41) is 2.74. The summed E-state index contributed by atoms with van der Waals surface area (Å²) < 4.78 is 40.1. The number of aromatic nitrogens is 1. The minimum Gasteiger partial charge on any atom is -0.493 e. The van der Waals surface area contributed by atoms with E-state index >= 15 is 0 Å². The second-order valence-corrected chi connectivity index (χ2v) is 13.2. The number of carbonyl (C=O) groups excluding carboxylic acids is 1. The SMILES string of the molecule is COc1ccc(CCN(Cc2sccc2C)C(=O)CN(CC(C)C)S(=O)(=O)c2cccc3cccnc23)cc1OC. The predicted octanol–water partition coefficient (Wildman–Crippen LogP) is 5.54. The van der Waals surface area contributed by atoms with E-state index in [0.717, 1.165) is 21.4 Å². The zero-order chi connectivity index (χ0) is 29.6. The first-order valence-corrected chi connectivity index (χ1v) is 15.8. The highest BCUT2D eigenvalue weighted by atomic mass is 32.2. The Labute approximate surface area is 246 Å². The van der Waals surface area contributed by atoms with Crippen LogP contribution in [0.2, 0.25) is 0 Å². The van der Waals surface area contributed by atoms with Crippen LogP contribution in [0, 0.1) is 12.8 Å². The highest BCUT2D eigenvalue weighted by Crippen LogP contribution is 2.29. The van der Waals surface area contributed by atoms with Crippen molar-refractivity contribution >= 4 is 38.2 Å². The van der Waals surface area contributed by atoms with Crippen LogP contribution in [0.1, 0.15) is 29.9 Å². The number of pyridine rings is 1. The first-order valence-electron chi connectivity index (χ1n) is 13.5. The van der Waals surface area contributed by atoms with E-state index in [9.17, 15) is 13.2 Å². The lowest BCUT2D eigenvalue weighted by Gasteiger charge is -2.28. The van der Waals surface area contributed by atoms with Crippen LogP contribution in [-0.2, 0) is 27.8 Å². The molecule has 0 aliphatic carbocycles. The van der Waals surface area contributed by atoms with Gasteiger partial charge in [0.1, 0.15) is 4.90 Å². The van der Waals surface area contributed by atoms with E-state index in [1.54, 1.807) is 54.9 Å². The third-order valence-electron chi connectivity index (χ3n) is 6.87. The molecule has 2 aromatic heterocycles. The number of hydrogen-bond donors (Lipinski definition) is 0. The smallest absolute Gasteiger partial charge is 0.245 e. The predicted molar refractivity (Wildman–Crippen MR) is 163 cm³/mol. The molecule has 0 spiro atoms. The molecule has 0 fully saturated rings. The average molecular weight is 596 g/mol. The Hall–Kier alpha value is -3.47. The summed E-state index contributed by atoms with van der Waals surface area (Å²) in [6.45, 7) is 6.67. The normalized spacial score (nSPS) is 11.8. The van der Waals surface area contributed by atoms with Gasteiger partial charge in [-0.3, -0.25) is 9.78 Å². The fourth-order valence-electron chi connectivity index (χ4n) is 4.66. The monoisotopic (exact) mass is 595 g/mol. The quantitative estimate of drug-likeness (QED) is 0.202. The summed E-state index contributed by atoms with van der Waals surface area (Å²) in [6.07, 6.45) is 2.15. The Morgan fingerprint density at radius 3 is 2.46 bits per heavy atom. The molecular weight excluding hydrogens is 558 g/mol. The molecule has 2 aromatic carbocycles. The lowest BCUT2D eigenvalue weighted by atomic mass is 10.1. The Balaban J connectivity index is 1.63. The molecule has 0 aliphatic heterocycles. The molecule has 0 saturated heterocycles. The lowest BCUT2D eigenvalue weighted by Crippen LogP contribution is -2.44. The van der Waals surface area contributed by atoms with Crippen LogP contribution in [0.25, 0.3) is 10.9 Å². The van der Waals surface area contributed by atoms with Gasteiger partial charge >= 0.3 is 0 Å². The first kappa shape index (κ1) is 30.5. The number of rotatable bonds is 13. The zero-order valence-corrected chi connectivity index (χ0v) is 25.8. The molecule has 0 N–H and O–H groups in total. The number of amides is 1. The van der Waals surface area contributed by atoms with E-state index in [2.05, 4.69) is 4.98 Å². The number of ether oxygens (including phenoxy) is 2. The number of para-hydroxylation sites is 1. The van der Waals surface area contributed by atoms with Crippen LogP contribution in [0.4, 0.5) is 0 Å². The van der Waals surface area contributed by atoms with Crippen molar-refractivity contribution < 1.29 is 22.7 Å². The van der Waals surface area contributed by atoms with Crippen LogP contribution < -0.4 is 9.47 Å². The summed E-state index contributed by atoms with van der Waals surface area (Å²) in [5.74, 6) is 1.02. The van der Waals surface area contributed by atoms with Crippen molar-refractivity contribution in [3.63, 3.8) is 0 Å². The molecule has 0 atom stereocenters. The molecule has 8 nitrogen and oxygen atoms in total. The van der Waals surface area contributed by atoms with Gasteiger partial charge in [-0.05, 0) is 66.1 Å².